The molecule has 0 bridgehead atoms. The number of nitriles is 1. The fraction of sp³-hybridized carbons (Fsp3) is 0.611. The molecule has 2 spiro atoms. The molecule has 2 N–H and O–H groups in total. The van der Waals surface area contributed by atoms with Crippen LogP contribution in [0.2, 0.25) is 0 Å². The van der Waals surface area contributed by atoms with Gasteiger partial charge in [-0.3, -0.25) is 4.90 Å². The van der Waals surface area contributed by atoms with E-state index in [0.29, 0.717) is 35.1 Å². The molecule has 2 aliphatic carbocycles. The molecule has 2 unspecified atom stereocenters. The van der Waals surface area contributed by atoms with Crippen molar-refractivity contribution in [2.75, 3.05) is 39.1 Å². The molecular weight excluding hydrogens is 659 g/mol. The molecule has 0 saturated carbocycles. The minimum atomic E-state index is -3.61. The van der Waals surface area contributed by atoms with E-state index in [4.69, 9.17) is 34.4 Å². The van der Waals surface area contributed by atoms with Crippen LogP contribution in [0.4, 0.5) is 5.69 Å². The molecular formula is C36H45N7O6S. The maximum absolute atomic E-state index is 13.5. The molecule has 14 heteroatoms. The zero-order valence-corrected chi connectivity index (χ0v) is 30.2. The van der Waals surface area contributed by atoms with E-state index in [0.717, 1.165) is 67.5 Å². The minimum Gasteiger partial charge on any atom is -0.473 e. The van der Waals surface area contributed by atoms with Gasteiger partial charge in [0.15, 0.2) is 17.3 Å². The Bertz CT molecular complexity index is 2000. The van der Waals surface area contributed by atoms with Crippen molar-refractivity contribution < 1.29 is 27.2 Å². The second kappa shape index (κ2) is 11.6. The van der Waals surface area contributed by atoms with Gasteiger partial charge in [0.2, 0.25) is 21.8 Å². The Morgan fingerprint density at radius 3 is 2.60 bits per heavy atom. The van der Waals surface area contributed by atoms with Crippen molar-refractivity contribution in [1.82, 2.24) is 24.3 Å². The lowest BCUT2D eigenvalue weighted by atomic mass is 9.68. The lowest BCUT2D eigenvalue weighted by Crippen LogP contribution is -2.82. The van der Waals surface area contributed by atoms with E-state index >= 15 is 0 Å². The maximum atomic E-state index is 13.5. The number of sulfonamides is 1. The number of hydrogen-bond acceptors (Lipinski definition) is 12. The zero-order valence-electron chi connectivity index (χ0n) is 29.4. The Morgan fingerprint density at radius 1 is 1.14 bits per heavy atom. The molecule has 0 radical (unpaired) electrons. The summed E-state index contributed by atoms with van der Waals surface area (Å²) in [5, 5.41) is 14.7. The van der Waals surface area contributed by atoms with E-state index < -0.39 is 31.8 Å². The van der Waals surface area contributed by atoms with Gasteiger partial charge in [0.1, 0.15) is 23.8 Å². The van der Waals surface area contributed by atoms with Crippen molar-refractivity contribution in [2.24, 2.45) is 0 Å². The van der Waals surface area contributed by atoms with Crippen molar-refractivity contribution in [2.45, 2.75) is 107 Å². The first-order valence-electron chi connectivity index (χ1n) is 17.6. The number of aromatic nitrogens is 3. The summed E-state index contributed by atoms with van der Waals surface area (Å²) in [6.07, 6.45) is 5.53. The second-order valence-corrected chi connectivity index (χ2v) is 18.3. The summed E-state index contributed by atoms with van der Waals surface area (Å²) in [5.74, 6) is 1.68. The van der Waals surface area contributed by atoms with E-state index in [2.05, 4.69) is 30.1 Å². The lowest BCUT2D eigenvalue weighted by Gasteiger charge is -2.61. The quantitative estimate of drug-likeness (QED) is 0.352. The van der Waals surface area contributed by atoms with E-state index in [-0.39, 0.29) is 37.8 Å². The zero-order chi connectivity index (χ0) is 35.2. The third kappa shape index (κ3) is 4.87. The molecule has 1 aromatic carbocycles. The largest absolute Gasteiger partial charge is 0.473 e. The molecule has 0 amide bonds. The lowest BCUT2D eigenvalue weighted by molar-refractivity contribution is -0.214. The van der Waals surface area contributed by atoms with Crippen LogP contribution in [0.1, 0.15) is 87.8 Å². The van der Waals surface area contributed by atoms with Crippen LogP contribution in [0.3, 0.4) is 0 Å². The molecule has 266 valence electrons. The number of benzene rings is 1. The summed E-state index contributed by atoms with van der Waals surface area (Å²) in [7, 11) is -1.50. The average molecular weight is 704 g/mol. The summed E-state index contributed by atoms with van der Waals surface area (Å²) in [4.78, 5) is 12.0. The number of nitrogens with two attached hydrogens (primary N) is 1. The third-order valence-corrected chi connectivity index (χ3v) is 14.4. The Hall–Kier alpha value is -3.77. The van der Waals surface area contributed by atoms with Gasteiger partial charge >= 0.3 is 0 Å². The van der Waals surface area contributed by atoms with Gasteiger partial charge in [-0.1, -0.05) is 11.2 Å². The van der Waals surface area contributed by atoms with Crippen molar-refractivity contribution in [3.63, 3.8) is 0 Å². The van der Waals surface area contributed by atoms with Gasteiger partial charge < -0.3 is 24.5 Å². The fourth-order valence-electron chi connectivity index (χ4n) is 8.84. The summed E-state index contributed by atoms with van der Waals surface area (Å²) >= 11 is 0. The van der Waals surface area contributed by atoms with Crippen LogP contribution >= 0.6 is 0 Å². The van der Waals surface area contributed by atoms with Crippen LogP contribution in [0, 0.1) is 11.3 Å². The van der Waals surface area contributed by atoms with Crippen molar-refractivity contribution in [3.8, 4) is 29.3 Å². The molecule has 13 nitrogen and oxygen atoms in total. The van der Waals surface area contributed by atoms with Crippen LogP contribution in [-0.4, -0.2) is 94.6 Å². The number of likely N-dealkylation sites (tertiary alicyclic amines) is 1. The van der Waals surface area contributed by atoms with Gasteiger partial charge in [-0.05, 0) is 103 Å². The monoisotopic (exact) mass is 703 g/mol. The van der Waals surface area contributed by atoms with Gasteiger partial charge in [0.25, 0.3) is 0 Å². The molecule has 3 fully saturated rings. The average Bonchev–Trinajstić information content (AvgIpc) is 3.76. The van der Waals surface area contributed by atoms with Crippen LogP contribution in [0.25, 0.3) is 11.5 Å². The Morgan fingerprint density at radius 2 is 1.92 bits per heavy atom. The summed E-state index contributed by atoms with van der Waals surface area (Å²) < 4.78 is 52.4. The number of nitrogens with zero attached hydrogens (tertiary/aromatic N) is 6. The van der Waals surface area contributed by atoms with Crippen LogP contribution in [0.5, 0.6) is 11.8 Å². The van der Waals surface area contributed by atoms with Gasteiger partial charge in [0, 0.05) is 17.3 Å². The molecule has 5 heterocycles. The molecule has 5 aliphatic rings. The normalized spacial score (nSPS) is 26.6. The van der Waals surface area contributed by atoms with Crippen molar-refractivity contribution in [3.05, 3.63) is 46.2 Å². The van der Waals surface area contributed by atoms with Crippen LogP contribution < -0.4 is 15.2 Å². The van der Waals surface area contributed by atoms with E-state index in [9.17, 15) is 13.7 Å². The second-order valence-electron chi connectivity index (χ2n) is 15.7. The fourth-order valence-corrected chi connectivity index (χ4v) is 10.5. The summed E-state index contributed by atoms with van der Waals surface area (Å²) in [6, 6.07) is 8.13. The van der Waals surface area contributed by atoms with Gasteiger partial charge in [-0.25, -0.2) is 8.42 Å². The topological polar surface area (TPSA) is 170 Å². The Kier molecular flexibility index (Phi) is 7.76. The van der Waals surface area contributed by atoms with Gasteiger partial charge in [-0.2, -0.15) is 19.5 Å². The SMILES string of the molecule is C[C@H](Oc1cc(OC2CN(S(=O)(=O)C(C)(C)C)C23COC3)nc(-c2noc3c2CCCC32CCc3ccc(N)c(C#N)c32)n1)[C@@H]1CCCN1C. The number of rotatable bonds is 7. The molecule has 50 heavy (non-hydrogen) atoms. The Labute approximate surface area is 293 Å². The molecule has 8 rings (SSSR count). The third-order valence-electron chi connectivity index (χ3n) is 11.8. The van der Waals surface area contributed by atoms with E-state index in [1.165, 1.54) is 4.31 Å². The highest BCUT2D eigenvalue weighted by Crippen LogP contribution is 2.54. The molecule has 3 aromatic rings. The number of nitrogen functional groups attached to an aromatic ring is 1. The summed E-state index contributed by atoms with van der Waals surface area (Å²) in [5.41, 5.74) is 9.49. The first kappa shape index (κ1) is 33.4. The molecule has 3 aliphatic heterocycles. The molecule has 2 aromatic heterocycles. The highest BCUT2D eigenvalue weighted by molar-refractivity contribution is 7.90. The van der Waals surface area contributed by atoms with Crippen molar-refractivity contribution in [1.29, 1.82) is 5.26 Å². The smallest absolute Gasteiger partial charge is 0.221 e. The Balaban J connectivity index is 1.17. The highest BCUT2D eigenvalue weighted by atomic mass is 32.2. The number of anilines is 1. The highest BCUT2D eigenvalue weighted by Gasteiger charge is 2.66. The molecule has 3 saturated heterocycles. The number of likely N-dealkylation sites (N-methyl/N-ethyl adjacent to an activating group) is 1. The maximum Gasteiger partial charge on any atom is 0.221 e. The number of aryl methyl sites for hydroxylation is 1. The number of fused-ring (bicyclic) bond motifs is 4. The number of hydrogen-bond donors (Lipinski definition) is 1. The van der Waals surface area contributed by atoms with Gasteiger partial charge in [-0.15, -0.1) is 0 Å². The van der Waals surface area contributed by atoms with Crippen LogP contribution in [-0.2, 0) is 33.0 Å². The first-order valence-corrected chi connectivity index (χ1v) is 19.1. The van der Waals surface area contributed by atoms with Crippen LogP contribution in [0.15, 0.2) is 22.7 Å². The predicted octanol–water partition coefficient (Wildman–Crippen LogP) is 3.98. The molecule has 4 atom stereocenters. The van der Waals surface area contributed by atoms with Crippen molar-refractivity contribution >= 4 is 15.7 Å². The number of ether oxygens (including phenoxy) is 3. The van der Waals surface area contributed by atoms with E-state index in [1.807, 2.05) is 12.1 Å². The standard InChI is InChI=1S/C36H45N7O6S/c1-21(26-9-7-15-42(26)5)47-28-16-29(48-27-18-43(36(27)19-46-20-36)50(44,45)34(2,3)4)40-33(39-28)31-23-8-6-13-35(32(23)49-41-31)14-12-22-10-11-25(38)24(17-37)30(22)35/h10-11,16,21,26-27H,6-9,12-15,18-20,38H2,1-5H3/t21-,26-,27?,35?/m0/s1. The minimum absolute atomic E-state index is 0.153. The predicted molar refractivity (Wildman–Crippen MR) is 184 cm³/mol. The first-order chi connectivity index (χ1) is 23.8. The van der Waals surface area contributed by atoms with E-state index in [1.54, 1.807) is 26.8 Å². The van der Waals surface area contributed by atoms with Gasteiger partial charge in [0.05, 0.1) is 41.6 Å². The summed E-state index contributed by atoms with van der Waals surface area (Å²) in [6.45, 7) is 8.85.